The van der Waals surface area contributed by atoms with Gasteiger partial charge in [0.25, 0.3) is 11.8 Å². The largest absolute Gasteiger partial charge is 0.464 e. The van der Waals surface area contributed by atoms with Crippen LogP contribution in [0.5, 0.6) is 0 Å². The van der Waals surface area contributed by atoms with Crippen LogP contribution in [-0.2, 0) is 9.59 Å². The number of rotatable bonds is 8. The van der Waals surface area contributed by atoms with E-state index in [1.165, 1.54) is 30.5 Å². The van der Waals surface area contributed by atoms with Crippen LogP contribution in [0.25, 0.3) is 0 Å². The van der Waals surface area contributed by atoms with E-state index in [9.17, 15) is 18.8 Å². The summed E-state index contributed by atoms with van der Waals surface area (Å²) in [5.74, 6) is -1.69. The molecule has 0 bridgehead atoms. The molecule has 1 atom stereocenters. The lowest BCUT2D eigenvalue weighted by atomic mass is 10.1. The van der Waals surface area contributed by atoms with Crippen LogP contribution < -0.4 is 15.5 Å². The number of para-hydroxylation sites is 1. The number of aryl methyl sites for hydroxylation is 1. The number of hydrogen-bond acceptors (Lipinski definition) is 5. The van der Waals surface area contributed by atoms with E-state index < -0.39 is 36.1 Å². The number of benzene rings is 1. The molecule has 2 N–H and O–H groups in total. The summed E-state index contributed by atoms with van der Waals surface area (Å²) in [6.07, 6.45) is 5.02. The quantitative estimate of drug-likeness (QED) is 0.523. The Kier molecular flexibility index (Phi) is 7.10. The Morgan fingerprint density at radius 2 is 1.85 bits per heavy atom. The van der Waals surface area contributed by atoms with Crippen molar-refractivity contribution in [3.8, 4) is 0 Å². The molecule has 178 valence electrons. The van der Waals surface area contributed by atoms with Crippen molar-refractivity contribution in [3.05, 3.63) is 77.9 Å². The van der Waals surface area contributed by atoms with Gasteiger partial charge in [-0.05, 0) is 56.2 Å². The Bertz CT molecular complexity index is 1150. The topological polar surface area (TPSA) is 105 Å². The number of carbonyl (C=O) groups excluding carboxylic acids is 3. The fourth-order valence-electron chi connectivity index (χ4n) is 4.12. The van der Waals surface area contributed by atoms with Crippen molar-refractivity contribution in [2.45, 2.75) is 44.7 Å². The van der Waals surface area contributed by atoms with Gasteiger partial charge in [0.2, 0.25) is 5.91 Å². The van der Waals surface area contributed by atoms with E-state index in [-0.39, 0.29) is 23.2 Å². The summed E-state index contributed by atoms with van der Waals surface area (Å²) in [4.78, 5) is 40.2. The molecule has 2 heterocycles. The van der Waals surface area contributed by atoms with Gasteiger partial charge in [0.05, 0.1) is 18.5 Å². The molecule has 1 saturated carbocycles. The molecule has 9 heteroatoms. The molecule has 0 unspecified atom stereocenters. The third-order valence-electron chi connectivity index (χ3n) is 5.76. The highest BCUT2D eigenvalue weighted by Gasteiger charge is 2.37. The number of nitrogens with zero attached hydrogens (tertiary/aromatic N) is 1. The highest BCUT2D eigenvalue weighted by Crippen LogP contribution is 2.32. The first kappa shape index (κ1) is 23.3. The maximum Gasteiger partial charge on any atom is 0.287 e. The zero-order valence-corrected chi connectivity index (χ0v) is 18.8. The highest BCUT2D eigenvalue weighted by molar-refractivity contribution is 6.04. The maximum absolute atomic E-state index is 14.9. The van der Waals surface area contributed by atoms with Crippen LogP contribution in [0.1, 0.15) is 53.8 Å². The zero-order valence-electron chi connectivity index (χ0n) is 18.8. The van der Waals surface area contributed by atoms with Crippen molar-refractivity contribution in [1.29, 1.82) is 0 Å². The van der Waals surface area contributed by atoms with Crippen molar-refractivity contribution in [1.82, 2.24) is 10.6 Å². The van der Waals surface area contributed by atoms with Crippen molar-refractivity contribution in [3.63, 3.8) is 0 Å². The fraction of sp³-hybridized carbons (Fsp3) is 0.320. The van der Waals surface area contributed by atoms with Crippen LogP contribution in [0.2, 0.25) is 0 Å². The van der Waals surface area contributed by atoms with Gasteiger partial charge in [-0.1, -0.05) is 25.0 Å². The number of furan rings is 2. The van der Waals surface area contributed by atoms with Gasteiger partial charge >= 0.3 is 0 Å². The predicted molar refractivity (Wildman–Crippen MR) is 122 cm³/mol. The van der Waals surface area contributed by atoms with Crippen LogP contribution >= 0.6 is 0 Å². The average molecular weight is 467 g/mol. The summed E-state index contributed by atoms with van der Waals surface area (Å²) in [7, 11) is 0. The second-order valence-corrected chi connectivity index (χ2v) is 8.22. The Morgan fingerprint density at radius 3 is 2.50 bits per heavy atom. The minimum Gasteiger partial charge on any atom is -0.464 e. The molecule has 34 heavy (non-hydrogen) atoms. The molecular weight excluding hydrogens is 441 g/mol. The van der Waals surface area contributed by atoms with Crippen molar-refractivity contribution < 1.29 is 27.6 Å². The van der Waals surface area contributed by atoms with Crippen LogP contribution in [0.3, 0.4) is 0 Å². The molecule has 4 rings (SSSR count). The van der Waals surface area contributed by atoms with Crippen molar-refractivity contribution in [2.24, 2.45) is 0 Å². The van der Waals surface area contributed by atoms with Crippen LogP contribution in [-0.4, -0.2) is 30.3 Å². The Hall–Kier alpha value is -3.88. The summed E-state index contributed by atoms with van der Waals surface area (Å²) >= 11 is 0. The maximum atomic E-state index is 14.9. The lowest BCUT2D eigenvalue weighted by Crippen LogP contribution is -2.49. The van der Waals surface area contributed by atoms with E-state index >= 15 is 0 Å². The third kappa shape index (κ3) is 5.19. The highest BCUT2D eigenvalue weighted by atomic mass is 19.1. The molecule has 1 aliphatic rings. The first-order valence-electron chi connectivity index (χ1n) is 11.2. The Balaban J connectivity index is 1.67. The summed E-state index contributed by atoms with van der Waals surface area (Å²) < 4.78 is 25.7. The van der Waals surface area contributed by atoms with Gasteiger partial charge in [-0.15, -0.1) is 0 Å². The molecule has 2 aromatic heterocycles. The summed E-state index contributed by atoms with van der Waals surface area (Å²) in [6, 6.07) is 10.7. The van der Waals surface area contributed by atoms with Crippen LogP contribution in [0.4, 0.5) is 10.1 Å². The van der Waals surface area contributed by atoms with E-state index in [0.717, 1.165) is 30.6 Å². The molecule has 0 spiro atoms. The van der Waals surface area contributed by atoms with E-state index in [0.29, 0.717) is 5.76 Å². The first-order chi connectivity index (χ1) is 16.4. The molecule has 0 saturated heterocycles. The van der Waals surface area contributed by atoms with Crippen molar-refractivity contribution in [2.75, 3.05) is 11.4 Å². The number of carbonyl (C=O) groups is 3. The van der Waals surface area contributed by atoms with Gasteiger partial charge < -0.3 is 19.5 Å². The molecule has 1 aliphatic carbocycles. The third-order valence-corrected chi connectivity index (χ3v) is 5.76. The van der Waals surface area contributed by atoms with E-state index in [1.54, 1.807) is 31.2 Å². The lowest BCUT2D eigenvalue weighted by Gasteiger charge is -2.31. The fourth-order valence-corrected chi connectivity index (χ4v) is 4.12. The second kappa shape index (κ2) is 10.4. The van der Waals surface area contributed by atoms with Crippen molar-refractivity contribution >= 4 is 23.4 Å². The number of amides is 3. The first-order valence-corrected chi connectivity index (χ1v) is 11.2. The van der Waals surface area contributed by atoms with Crippen LogP contribution in [0, 0.1) is 12.7 Å². The number of halogens is 1. The van der Waals surface area contributed by atoms with E-state index in [1.807, 2.05) is 0 Å². The summed E-state index contributed by atoms with van der Waals surface area (Å²) in [5, 5.41) is 5.45. The van der Waals surface area contributed by atoms with Gasteiger partial charge in [-0.2, -0.15) is 0 Å². The molecule has 3 aromatic rings. The van der Waals surface area contributed by atoms with Gasteiger partial charge in [0.15, 0.2) is 11.8 Å². The molecule has 3 amide bonds. The Morgan fingerprint density at radius 1 is 1.09 bits per heavy atom. The number of hydrogen-bond donors (Lipinski definition) is 2. The zero-order chi connectivity index (χ0) is 24.1. The molecule has 1 fully saturated rings. The molecule has 0 aliphatic heterocycles. The van der Waals surface area contributed by atoms with Gasteiger partial charge in [-0.25, -0.2) is 4.39 Å². The second-order valence-electron chi connectivity index (χ2n) is 8.22. The average Bonchev–Trinajstić information content (AvgIpc) is 3.59. The van der Waals surface area contributed by atoms with E-state index in [2.05, 4.69) is 10.6 Å². The monoisotopic (exact) mass is 467 g/mol. The summed E-state index contributed by atoms with van der Waals surface area (Å²) in [5.41, 5.74) is -0.0969. The predicted octanol–water partition coefficient (Wildman–Crippen LogP) is 3.88. The lowest BCUT2D eigenvalue weighted by molar-refractivity contribution is -0.127. The van der Waals surface area contributed by atoms with Gasteiger partial charge in [-0.3, -0.25) is 19.3 Å². The molecule has 8 nitrogen and oxygen atoms in total. The normalized spacial score (nSPS) is 14.5. The number of nitrogens with one attached hydrogen (secondary N) is 2. The molecule has 1 aromatic carbocycles. The minimum atomic E-state index is -1.26. The molecular formula is C25H26FN3O5. The van der Waals surface area contributed by atoms with E-state index in [4.69, 9.17) is 8.83 Å². The molecule has 0 radical (unpaired) electrons. The van der Waals surface area contributed by atoms with Gasteiger partial charge in [0, 0.05) is 6.04 Å². The van der Waals surface area contributed by atoms with Crippen LogP contribution in [0.15, 0.2) is 63.6 Å². The Labute approximate surface area is 196 Å². The summed E-state index contributed by atoms with van der Waals surface area (Å²) in [6.45, 7) is 1.23. The standard InChI is InChI=1S/C25H26FN3O5/c1-16-12-13-20(34-16)23(25(32)28-17-7-2-3-8-17)29(19-10-5-4-9-18(19)26)22(30)15-27-24(31)21-11-6-14-33-21/h4-6,9-14,17,23H,2-3,7-8,15H2,1H3,(H,27,31)(H,28,32)/t23-/m1/s1. The smallest absolute Gasteiger partial charge is 0.287 e. The minimum absolute atomic E-state index is 0.0257. The SMILES string of the molecule is Cc1ccc([C@H](C(=O)NC2CCCC2)N(C(=O)CNC(=O)c2ccco2)c2ccccc2F)o1. The van der Waals surface area contributed by atoms with Gasteiger partial charge in [0.1, 0.15) is 17.3 Å². The number of anilines is 1.